The van der Waals surface area contributed by atoms with Crippen LogP contribution in [0, 0.1) is 0 Å². The van der Waals surface area contributed by atoms with Gasteiger partial charge in [0, 0.05) is 30.4 Å². The number of anilines is 1. The largest absolute Gasteiger partial charge is 0.418 e. The highest BCUT2D eigenvalue weighted by Gasteiger charge is 2.33. The maximum Gasteiger partial charge on any atom is 0.418 e. The van der Waals surface area contributed by atoms with Gasteiger partial charge in [-0.1, -0.05) is 15.9 Å². The zero-order valence-corrected chi connectivity index (χ0v) is 11.6. The fourth-order valence-corrected chi connectivity index (χ4v) is 1.86. The normalized spacial score (nSPS) is 11.6. The van der Waals surface area contributed by atoms with Crippen molar-refractivity contribution >= 4 is 21.6 Å². The van der Waals surface area contributed by atoms with Crippen molar-refractivity contribution in [3.8, 4) is 0 Å². The van der Waals surface area contributed by atoms with Crippen molar-refractivity contribution < 1.29 is 17.9 Å². The van der Waals surface area contributed by atoms with Crippen LogP contribution >= 0.6 is 15.9 Å². The molecule has 0 aliphatic carbocycles. The molecule has 0 aromatic heterocycles. The molecule has 0 heterocycles. The Morgan fingerprint density at radius 1 is 1.28 bits per heavy atom. The lowest BCUT2D eigenvalue weighted by Crippen LogP contribution is -2.12. The van der Waals surface area contributed by atoms with E-state index in [4.69, 9.17) is 4.74 Å². The summed E-state index contributed by atoms with van der Waals surface area (Å²) in [5.74, 6) is 0. The van der Waals surface area contributed by atoms with Gasteiger partial charge < -0.3 is 10.1 Å². The zero-order valence-electron chi connectivity index (χ0n) is 9.98. The summed E-state index contributed by atoms with van der Waals surface area (Å²) in [4.78, 5) is 0. The minimum absolute atomic E-state index is 0.114. The molecule has 0 atom stereocenters. The van der Waals surface area contributed by atoms with Crippen molar-refractivity contribution in [2.45, 2.75) is 19.0 Å². The number of halogens is 4. The van der Waals surface area contributed by atoms with Crippen LogP contribution in [-0.2, 0) is 10.9 Å². The highest BCUT2D eigenvalue weighted by atomic mass is 79.9. The minimum atomic E-state index is -4.35. The van der Waals surface area contributed by atoms with Gasteiger partial charge in [-0.3, -0.25) is 0 Å². The number of hydrogen-bond donors (Lipinski definition) is 1. The van der Waals surface area contributed by atoms with E-state index in [1.165, 1.54) is 6.07 Å². The second-order valence-electron chi connectivity index (χ2n) is 3.81. The second-order valence-corrected chi connectivity index (χ2v) is 4.73. The summed E-state index contributed by atoms with van der Waals surface area (Å²) in [6.07, 6.45) is -2.76. The lowest BCUT2D eigenvalue weighted by Gasteiger charge is -2.14. The highest BCUT2D eigenvalue weighted by molar-refractivity contribution is 9.10. The van der Waals surface area contributed by atoms with E-state index in [2.05, 4.69) is 21.2 Å². The van der Waals surface area contributed by atoms with Gasteiger partial charge in [0.2, 0.25) is 0 Å². The SMILES string of the molecule is COCCCCNc1ccc(Br)cc1C(F)(F)F. The van der Waals surface area contributed by atoms with Crippen molar-refractivity contribution in [2.75, 3.05) is 25.6 Å². The molecule has 0 aliphatic heterocycles. The molecule has 0 unspecified atom stereocenters. The first kappa shape index (κ1) is 15.3. The summed E-state index contributed by atoms with van der Waals surface area (Å²) < 4.78 is 43.6. The fraction of sp³-hybridized carbons (Fsp3) is 0.500. The molecule has 102 valence electrons. The van der Waals surface area contributed by atoms with Crippen LogP contribution in [0.3, 0.4) is 0 Å². The van der Waals surface area contributed by atoms with E-state index in [1.807, 2.05) is 0 Å². The number of benzene rings is 1. The monoisotopic (exact) mass is 325 g/mol. The maximum atomic E-state index is 12.8. The first-order valence-electron chi connectivity index (χ1n) is 5.54. The number of alkyl halides is 3. The summed E-state index contributed by atoms with van der Waals surface area (Å²) >= 11 is 3.05. The molecule has 0 spiro atoms. The van der Waals surface area contributed by atoms with Crippen molar-refractivity contribution in [1.82, 2.24) is 0 Å². The van der Waals surface area contributed by atoms with Crippen LogP contribution in [0.2, 0.25) is 0 Å². The van der Waals surface area contributed by atoms with Crippen LogP contribution in [-0.4, -0.2) is 20.3 Å². The predicted octanol–water partition coefficient (Wildman–Crippen LogP) is 4.31. The Balaban J connectivity index is 2.65. The smallest absolute Gasteiger partial charge is 0.385 e. The van der Waals surface area contributed by atoms with E-state index < -0.39 is 11.7 Å². The molecule has 18 heavy (non-hydrogen) atoms. The Bertz CT molecular complexity index is 382. The zero-order chi connectivity index (χ0) is 13.6. The van der Waals surface area contributed by atoms with E-state index >= 15 is 0 Å². The summed E-state index contributed by atoms with van der Waals surface area (Å²) in [6.45, 7) is 1.11. The summed E-state index contributed by atoms with van der Waals surface area (Å²) in [5, 5.41) is 2.81. The Kier molecular flexibility index (Phi) is 5.95. The van der Waals surface area contributed by atoms with Gasteiger partial charge in [-0.25, -0.2) is 0 Å². The van der Waals surface area contributed by atoms with Crippen LogP contribution in [0.1, 0.15) is 18.4 Å². The summed E-state index contributed by atoms with van der Waals surface area (Å²) in [6, 6.07) is 4.10. The average molecular weight is 326 g/mol. The van der Waals surface area contributed by atoms with Crippen molar-refractivity contribution in [1.29, 1.82) is 0 Å². The molecule has 0 saturated heterocycles. The van der Waals surface area contributed by atoms with E-state index in [0.717, 1.165) is 18.9 Å². The van der Waals surface area contributed by atoms with Crippen LogP contribution in [0.25, 0.3) is 0 Å². The van der Waals surface area contributed by atoms with Gasteiger partial charge in [0.25, 0.3) is 0 Å². The van der Waals surface area contributed by atoms with Crippen molar-refractivity contribution in [3.05, 3.63) is 28.2 Å². The topological polar surface area (TPSA) is 21.3 Å². The number of rotatable bonds is 6. The standard InChI is InChI=1S/C12H15BrF3NO/c1-18-7-3-2-6-17-11-5-4-9(13)8-10(11)12(14,15)16/h4-5,8,17H,2-3,6-7H2,1H3. The quantitative estimate of drug-likeness (QED) is 0.787. The average Bonchev–Trinajstić information content (AvgIpc) is 2.29. The van der Waals surface area contributed by atoms with Crippen molar-refractivity contribution in [3.63, 3.8) is 0 Å². The van der Waals surface area contributed by atoms with Gasteiger partial charge in [0.15, 0.2) is 0 Å². The number of unbranched alkanes of at least 4 members (excludes halogenated alkanes) is 1. The molecule has 6 heteroatoms. The number of ether oxygens (including phenoxy) is 1. The van der Waals surface area contributed by atoms with Gasteiger partial charge in [-0.15, -0.1) is 0 Å². The molecule has 2 nitrogen and oxygen atoms in total. The van der Waals surface area contributed by atoms with E-state index in [-0.39, 0.29) is 5.69 Å². The molecule has 1 rings (SSSR count). The Labute approximate surface area is 113 Å². The van der Waals surface area contributed by atoms with Crippen LogP contribution in [0.5, 0.6) is 0 Å². The molecule has 0 radical (unpaired) electrons. The van der Waals surface area contributed by atoms with Gasteiger partial charge >= 0.3 is 6.18 Å². The lowest BCUT2D eigenvalue weighted by atomic mass is 10.1. The fourth-order valence-electron chi connectivity index (χ4n) is 1.50. The summed E-state index contributed by atoms with van der Waals surface area (Å²) in [7, 11) is 1.60. The summed E-state index contributed by atoms with van der Waals surface area (Å²) in [5.41, 5.74) is -0.535. The molecular weight excluding hydrogens is 311 g/mol. The van der Waals surface area contributed by atoms with Crippen LogP contribution < -0.4 is 5.32 Å². The maximum absolute atomic E-state index is 12.8. The number of nitrogens with one attached hydrogen (secondary N) is 1. The molecule has 0 aliphatic rings. The molecule has 0 amide bonds. The van der Waals surface area contributed by atoms with Gasteiger partial charge in [-0.2, -0.15) is 13.2 Å². The molecular formula is C12H15BrF3NO. The molecule has 0 fully saturated rings. The van der Waals surface area contributed by atoms with E-state index in [9.17, 15) is 13.2 Å². The lowest BCUT2D eigenvalue weighted by molar-refractivity contribution is -0.137. The predicted molar refractivity (Wildman–Crippen MR) is 68.7 cm³/mol. The molecule has 1 aromatic rings. The van der Waals surface area contributed by atoms with E-state index in [1.54, 1.807) is 13.2 Å². The molecule has 0 bridgehead atoms. The number of methoxy groups -OCH3 is 1. The third-order valence-corrected chi connectivity index (χ3v) is 2.87. The highest BCUT2D eigenvalue weighted by Crippen LogP contribution is 2.36. The molecule has 0 saturated carbocycles. The third-order valence-electron chi connectivity index (χ3n) is 2.38. The van der Waals surface area contributed by atoms with Gasteiger partial charge in [-0.05, 0) is 31.0 Å². The minimum Gasteiger partial charge on any atom is -0.385 e. The van der Waals surface area contributed by atoms with Crippen LogP contribution in [0.4, 0.5) is 18.9 Å². The first-order valence-corrected chi connectivity index (χ1v) is 6.34. The Morgan fingerprint density at radius 3 is 2.61 bits per heavy atom. The first-order chi connectivity index (χ1) is 8.45. The molecule has 1 aromatic carbocycles. The van der Waals surface area contributed by atoms with Crippen LogP contribution in [0.15, 0.2) is 22.7 Å². The molecule has 1 N–H and O–H groups in total. The second kappa shape index (κ2) is 6.99. The number of hydrogen-bond acceptors (Lipinski definition) is 2. The van der Waals surface area contributed by atoms with Crippen molar-refractivity contribution in [2.24, 2.45) is 0 Å². The van der Waals surface area contributed by atoms with E-state index in [0.29, 0.717) is 17.6 Å². The Morgan fingerprint density at radius 2 is 2.00 bits per heavy atom. The Hall–Kier alpha value is -0.750. The van der Waals surface area contributed by atoms with Gasteiger partial charge in [0.05, 0.1) is 5.56 Å². The third kappa shape index (κ3) is 4.86. The van der Waals surface area contributed by atoms with Gasteiger partial charge in [0.1, 0.15) is 0 Å².